The number of pyridine rings is 1. The van der Waals surface area contributed by atoms with E-state index in [1.54, 1.807) is 0 Å². The lowest BCUT2D eigenvalue weighted by Gasteiger charge is -2.36. The molecule has 0 unspecified atom stereocenters. The maximum Gasteiger partial charge on any atom is 0.221 e. The van der Waals surface area contributed by atoms with Crippen LogP contribution in [-0.4, -0.2) is 0 Å². The molecule has 0 amide bonds. The topological polar surface area (TPSA) is 3.88 Å². The molecule has 0 N–H and O–H groups in total. The molecular formula is C37H38N+. The van der Waals surface area contributed by atoms with Gasteiger partial charge in [-0.2, -0.15) is 4.57 Å². The molecule has 1 aliphatic heterocycles. The first-order valence-corrected chi connectivity index (χ1v) is 14.4. The van der Waals surface area contributed by atoms with Crippen LogP contribution in [0.2, 0.25) is 0 Å². The fourth-order valence-electron chi connectivity index (χ4n) is 8.28. The Hall–Kier alpha value is -3.45. The minimum Gasteiger partial charge on any atom is -0.192 e. The average Bonchev–Trinajstić information content (AvgIpc) is 3.20. The molecule has 2 heterocycles. The minimum atomic E-state index is -0.200. The number of hydrogen-bond donors (Lipinski definition) is 0. The first-order chi connectivity index (χ1) is 18.4. The summed E-state index contributed by atoms with van der Waals surface area (Å²) in [5.41, 5.74) is 10.1. The van der Waals surface area contributed by atoms with Crippen LogP contribution in [0.25, 0.3) is 21.7 Å². The summed E-state index contributed by atoms with van der Waals surface area (Å²) in [7, 11) is 0. The summed E-state index contributed by atoms with van der Waals surface area (Å²) in [6, 6.07) is 32.2. The lowest BCUT2D eigenvalue weighted by atomic mass is 9.67. The molecule has 1 heteroatoms. The van der Waals surface area contributed by atoms with E-state index in [0.29, 0.717) is 0 Å². The molecule has 1 aromatic heterocycles. The van der Waals surface area contributed by atoms with Crippen LogP contribution in [0, 0.1) is 6.92 Å². The highest BCUT2D eigenvalue weighted by molar-refractivity contribution is 6.09. The molecule has 0 bridgehead atoms. The van der Waals surface area contributed by atoms with Gasteiger partial charge in [0, 0.05) is 30.2 Å². The van der Waals surface area contributed by atoms with E-state index in [4.69, 9.17) is 0 Å². The summed E-state index contributed by atoms with van der Waals surface area (Å²) in [5.74, 6) is 0. The number of benzene rings is 4. The van der Waals surface area contributed by atoms with Crippen molar-refractivity contribution in [2.75, 3.05) is 0 Å². The highest BCUT2D eigenvalue weighted by atomic mass is 15.1. The van der Waals surface area contributed by atoms with Gasteiger partial charge in [0.05, 0.1) is 10.8 Å². The zero-order valence-corrected chi connectivity index (χ0v) is 23.4. The van der Waals surface area contributed by atoms with E-state index in [1.165, 1.54) is 55.1 Å². The molecule has 7 rings (SSSR count). The largest absolute Gasteiger partial charge is 0.221 e. The average molecular weight is 497 g/mol. The number of hydrogen-bond acceptors (Lipinski definition) is 0. The molecular weight excluding hydrogens is 458 g/mol. The van der Waals surface area contributed by atoms with Gasteiger partial charge in [0.15, 0.2) is 11.7 Å². The Morgan fingerprint density at radius 2 is 1.39 bits per heavy atom. The van der Waals surface area contributed by atoms with Gasteiger partial charge in [0.2, 0.25) is 5.52 Å². The molecule has 5 aromatic rings. The van der Waals surface area contributed by atoms with Gasteiger partial charge in [-0.15, -0.1) is 0 Å². The van der Waals surface area contributed by atoms with Gasteiger partial charge in [0.25, 0.3) is 0 Å². The third-order valence-corrected chi connectivity index (χ3v) is 10.2. The Bertz CT molecular complexity index is 1670. The normalized spacial score (nSPS) is 18.2. The Morgan fingerprint density at radius 3 is 2.00 bits per heavy atom. The van der Waals surface area contributed by atoms with Crippen LogP contribution < -0.4 is 4.57 Å². The van der Waals surface area contributed by atoms with Gasteiger partial charge in [-0.25, -0.2) is 0 Å². The van der Waals surface area contributed by atoms with E-state index in [0.717, 1.165) is 25.7 Å². The fraction of sp³-hybridized carbons (Fsp3) is 0.324. The second kappa shape index (κ2) is 8.03. The molecule has 0 saturated heterocycles. The smallest absolute Gasteiger partial charge is 0.192 e. The van der Waals surface area contributed by atoms with Crippen LogP contribution in [0.15, 0.2) is 91.1 Å². The second-order valence-electron chi connectivity index (χ2n) is 12.5. The molecule has 190 valence electrons. The number of nitrogens with zero attached hydrogens (tertiary/aromatic N) is 1. The first kappa shape index (κ1) is 23.7. The lowest BCUT2D eigenvalue weighted by Crippen LogP contribution is -2.59. The maximum atomic E-state index is 2.74. The quantitative estimate of drug-likeness (QED) is 0.173. The molecule has 2 aliphatic rings. The third-order valence-electron chi connectivity index (χ3n) is 10.2. The zero-order chi connectivity index (χ0) is 26.3. The summed E-state index contributed by atoms with van der Waals surface area (Å²) < 4.78 is 2.74. The molecule has 0 fully saturated rings. The molecule has 4 aromatic carbocycles. The third kappa shape index (κ3) is 2.91. The highest BCUT2D eigenvalue weighted by Gasteiger charge is 2.54. The number of fused-ring (bicyclic) bond motifs is 2. The lowest BCUT2D eigenvalue weighted by molar-refractivity contribution is -0.744. The summed E-state index contributed by atoms with van der Waals surface area (Å²) in [5, 5.41) is 4.33. The van der Waals surface area contributed by atoms with E-state index in [1.807, 2.05) is 0 Å². The SMILES string of the molecule is CCC1(CC)Cc2cccc3c(C)cc4c5c(c[n+]1c4c23)C(C)(C)CC5(c1ccccc1)c1ccccc1. The van der Waals surface area contributed by atoms with Gasteiger partial charge in [0.1, 0.15) is 0 Å². The second-order valence-corrected chi connectivity index (χ2v) is 12.5. The van der Waals surface area contributed by atoms with Crippen LogP contribution in [0.5, 0.6) is 0 Å². The number of aryl methyl sites for hydroxylation is 1. The van der Waals surface area contributed by atoms with Crippen LogP contribution in [-0.2, 0) is 22.8 Å². The Kier molecular flexibility index (Phi) is 5.00. The van der Waals surface area contributed by atoms with Crippen molar-refractivity contribution in [2.24, 2.45) is 0 Å². The highest BCUT2D eigenvalue weighted by Crippen LogP contribution is 2.58. The van der Waals surface area contributed by atoms with Gasteiger partial charge < -0.3 is 0 Å². The molecule has 1 nitrogen and oxygen atoms in total. The van der Waals surface area contributed by atoms with Crippen LogP contribution in [0.3, 0.4) is 0 Å². The summed E-state index contributed by atoms with van der Waals surface area (Å²) >= 11 is 0. The predicted octanol–water partition coefficient (Wildman–Crippen LogP) is 8.68. The monoisotopic (exact) mass is 496 g/mol. The van der Waals surface area contributed by atoms with Crippen molar-refractivity contribution in [2.45, 2.75) is 76.7 Å². The van der Waals surface area contributed by atoms with Crippen molar-refractivity contribution >= 4 is 21.7 Å². The Balaban J connectivity index is 1.75. The van der Waals surface area contributed by atoms with E-state index in [9.17, 15) is 0 Å². The van der Waals surface area contributed by atoms with Crippen molar-refractivity contribution in [3.05, 3.63) is 125 Å². The first-order valence-electron chi connectivity index (χ1n) is 14.4. The van der Waals surface area contributed by atoms with Gasteiger partial charge in [-0.05, 0) is 58.0 Å². The molecule has 0 spiro atoms. The van der Waals surface area contributed by atoms with E-state index in [-0.39, 0.29) is 16.4 Å². The minimum absolute atomic E-state index is 0.0335. The maximum absolute atomic E-state index is 2.74. The van der Waals surface area contributed by atoms with Crippen molar-refractivity contribution < 1.29 is 4.57 Å². The summed E-state index contributed by atoms with van der Waals surface area (Å²) in [4.78, 5) is 0. The van der Waals surface area contributed by atoms with Crippen LogP contribution in [0.1, 0.15) is 80.3 Å². The standard InChI is InChI=1S/C37H38N/c1-6-36(7-2)22-26-15-14-20-29-25(3)21-30-33-31(23-38(36)34(30)32(26)29)35(4,5)24-37(33,27-16-10-8-11-17-27)28-18-12-9-13-19-28/h8-21,23H,6-7,22,24H2,1-5H3/q+1. The molecule has 0 atom stereocenters. The molecule has 1 aliphatic carbocycles. The zero-order valence-electron chi connectivity index (χ0n) is 23.4. The van der Waals surface area contributed by atoms with Crippen LogP contribution in [0.4, 0.5) is 0 Å². The Morgan fingerprint density at radius 1 is 0.763 bits per heavy atom. The van der Waals surface area contributed by atoms with Gasteiger partial charge in [-0.1, -0.05) is 107 Å². The van der Waals surface area contributed by atoms with E-state index >= 15 is 0 Å². The van der Waals surface area contributed by atoms with E-state index < -0.39 is 0 Å². The van der Waals surface area contributed by atoms with Crippen LogP contribution >= 0.6 is 0 Å². The molecule has 0 radical (unpaired) electrons. The molecule has 38 heavy (non-hydrogen) atoms. The number of aromatic nitrogens is 1. The fourth-order valence-corrected chi connectivity index (χ4v) is 8.28. The summed E-state index contributed by atoms with van der Waals surface area (Å²) in [6.45, 7) is 12.0. The summed E-state index contributed by atoms with van der Waals surface area (Å²) in [6.07, 6.45) is 7.04. The van der Waals surface area contributed by atoms with Crippen molar-refractivity contribution in [3.63, 3.8) is 0 Å². The van der Waals surface area contributed by atoms with Gasteiger partial charge in [-0.3, -0.25) is 0 Å². The predicted molar refractivity (Wildman–Crippen MR) is 159 cm³/mol. The van der Waals surface area contributed by atoms with Crippen molar-refractivity contribution in [1.82, 2.24) is 0 Å². The van der Waals surface area contributed by atoms with Gasteiger partial charge >= 0.3 is 0 Å². The van der Waals surface area contributed by atoms with Crippen molar-refractivity contribution in [3.8, 4) is 0 Å². The Labute approximate surface area is 227 Å². The molecule has 0 saturated carbocycles. The number of rotatable bonds is 4. The van der Waals surface area contributed by atoms with E-state index in [2.05, 4.69) is 130 Å². The van der Waals surface area contributed by atoms with Crippen molar-refractivity contribution in [1.29, 1.82) is 0 Å².